The predicted molar refractivity (Wildman–Crippen MR) is 107 cm³/mol. The van der Waals surface area contributed by atoms with E-state index in [2.05, 4.69) is 4.98 Å². The number of halogens is 2. The van der Waals surface area contributed by atoms with Crippen molar-refractivity contribution in [2.45, 2.75) is 19.4 Å². The van der Waals surface area contributed by atoms with Gasteiger partial charge >= 0.3 is 5.97 Å². The van der Waals surface area contributed by atoms with E-state index >= 15 is 0 Å². The number of carboxylic acids is 1. The first-order chi connectivity index (χ1) is 13.4. The SMILES string of the molecule is O=C(O)C1CCN(c2nc3ccsc3c(=O)n2Cc2ccc(F)cc2Cl)CC1. The standard InChI is InChI=1S/C19H17ClFN3O3S/c20-14-9-13(21)2-1-12(14)10-24-17(25)16-15(5-8-28-16)22-19(24)23-6-3-11(4-7-23)18(26)27/h1-2,5,8-9,11H,3-4,6-7,10H2,(H,26,27). The number of fused-ring (bicyclic) bond motifs is 1. The van der Waals surface area contributed by atoms with Gasteiger partial charge in [-0.1, -0.05) is 17.7 Å². The van der Waals surface area contributed by atoms with Crippen LogP contribution in [0.5, 0.6) is 0 Å². The second-order valence-corrected chi connectivity index (χ2v) is 8.10. The van der Waals surface area contributed by atoms with E-state index in [0.717, 1.165) is 0 Å². The third-order valence-electron chi connectivity index (χ3n) is 5.02. The minimum Gasteiger partial charge on any atom is -0.481 e. The molecule has 0 atom stereocenters. The first-order valence-corrected chi connectivity index (χ1v) is 10.1. The van der Waals surface area contributed by atoms with Crippen molar-refractivity contribution >= 4 is 45.1 Å². The lowest BCUT2D eigenvalue weighted by molar-refractivity contribution is -0.142. The summed E-state index contributed by atoms with van der Waals surface area (Å²) in [5.74, 6) is -1.13. The van der Waals surface area contributed by atoms with Crippen LogP contribution in [0.15, 0.2) is 34.4 Å². The second kappa shape index (κ2) is 7.52. The number of hydrogen-bond donors (Lipinski definition) is 1. The van der Waals surface area contributed by atoms with Crippen LogP contribution in [-0.4, -0.2) is 33.7 Å². The van der Waals surface area contributed by atoms with E-state index in [1.165, 1.54) is 23.5 Å². The lowest BCUT2D eigenvalue weighted by Gasteiger charge is -2.32. The number of anilines is 1. The van der Waals surface area contributed by atoms with Crippen LogP contribution in [-0.2, 0) is 11.3 Å². The molecule has 3 aromatic rings. The Kier molecular flexibility index (Phi) is 5.07. The van der Waals surface area contributed by atoms with Gasteiger partial charge < -0.3 is 10.0 Å². The molecule has 0 aliphatic carbocycles. The summed E-state index contributed by atoms with van der Waals surface area (Å²) in [4.78, 5) is 30.9. The van der Waals surface area contributed by atoms with Crippen molar-refractivity contribution < 1.29 is 14.3 Å². The van der Waals surface area contributed by atoms with Gasteiger partial charge in [0.15, 0.2) is 0 Å². The van der Waals surface area contributed by atoms with E-state index in [0.29, 0.717) is 47.7 Å². The largest absolute Gasteiger partial charge is 0.481 e. The molecule has 1 saturated heterocycles. The molecule has 0 amide bonds. The van der Waals surface area contributed by atoms with Crippen LogP contribution in [0, 0.1) is 11.7 Å². The fourth-order valence-corrected chi connectivity index (χ4v) is 4.47. The summed E-state index contributed by atoms with van der Waals surface area (Å²) in [6.45, 7) is 1.15. The molecule has 1 fully saturated rings. The summed E-state index contributed by atoms with van der Waals surface area (Å²) in [7, 11) is 0. The molecule has 0 radical (unpaired) electrons. The number of aliphatic carboxylic acids is 1. The molecule has 1 aliphatic heterocycles. The van der Waals surface area contributed by atoms with Crippen molar-refractivity contribution in [2.75, 3.05) is 18.0 Å². The lowest BCUT2D eigenvalue weighted by Crippen LogP contribution is -2.40. The topological polar surface area (TPSA) is 75.4 Å². The Morgan fingerprint density at radius 1 is 1.32 bits per heavy atom. The fourth-order valence-electron chi connectivity index (χ4n) is 3.46. The van der Waals surface area contributed by atoms with Crippen molar-refractivity contribution in [1.29, 1.82) is 0 Å². The van der Waals surface area contributed by atoms with Gasteiger partial charge in [0.1, 0.15) is 10.5 Å². The summed E-state index contributed by atoms with van der Waals surface area (Å²) in [6, 6.07) is 5.88. The number of piperidine rings is 1. The third-order valence-corrected chi connectivity index (χ3v) is 6.26. The summed E-state index contributed by atoms with van der Waals surface area (Å²) in [5.41, 5.74) is 1.05. The smallest absolute Gasteiger partial charge is 0.306 e. The van der Waals surface area contributed by atoms with Crippen LogP contribution in [0.4, 0.5) is 10.3 Å². The highest BCUT2D eigenvalue weighted by atomic mass is 35.5. The van der Waals surface area contributed by atoms with Crippen molar-refractivity contribution in [3.8, 4) is 0 Å². The fraction of sp³-hybridized carbons (Fsp3) is 0.316. The Morgan fingerprint density at radius 2 is 2.07 bits per heavy atom. The molecule has 9 heteroatoms. The maximum Gasteiger partial charge on any atom is 0.306 e. The number of nitrogens with zero attached hydrogens (tertiary/aromatic N) is 3. The van der Waals surface area contributed by atoms with Gasteiger partial charge in [0.2, 0.25) is 5.95 Å². The van der Waals surface area contributed by atoms with Gasteiger partial charge in [0, 0.05) is 18.1 Å². The molecule has 6 nitrogen and oxygen atoms in total. The summed E-state index contributed by atoms with van der Waals surface area (Å²) in [5, 5.41) is 11.3. The molecule has 3 heterocycles. The van der Waals surface area contributed by atoms with Gasteiger partial charge in [-0.05, 0) is 42.0 Å². The molecular weight excluding hydrogens is 405 g/mol. The van der Waals surface area contributed by atoms with Crippen LogP contribution in [0.25, 0.3) is 10.2 Å². The normalized spacial score (nSPS) is 15.3. The molecule has 0 bridgehead atoms. The van der Waals surface area contributed by atoms with Crippen molar-refractivity contribution in [3.05, 3.63) is 56.4 Å². The number of rotatable bonds is 4. The van der Waals surface area contributed by atoms with E-state index in [9.17, 15) is 19.1 Å². The Hall–Kier alpha value is -2.45. The maximum absolute atomic E-state index is 13.4. The number of hydrogen-bond acceptors (Lipinski definition) is 5. The zero-order valence-corrected chi connectivity index (χ0v) is 16.3. The summed E-state index contributed by atoms with van der Waals surface area (Å²) < 4.78 is 15.5. The monoisotopic (exact) mass is 421 g/mol. The number of thiophene rings is 1. The molecule has 1 N–H and O–H groups in total. The van der Waals surface area contributed by atoms with E-state index < -0.39 is 11.8 Å². The molecule has 0 saturated carbocycles. The van der Waals surface area contributed by atoms with E-state index in [1.807, 2.05) is 10.3 Å². The Balaban J connectivity index is 1.76. The Bertz CT molecular complexity index is 1110. The molecule has 1 aromatic carbocycles. The van der Waals surface area contributed by atoms with Crippen LogP contribution in [0.2, 0.25) is 5.02 Å². The van der Waals surface area contributed by atoms with Crippen LogP contribution >= 0.6 is 22.9 Å². The minimum atomic E-state index is -0.795. The van der Waals surface area contributed by atoms with Crippen LogP contribution in [0.3, 0.4) is 0 Å². The van der Waals surface area contributed by atoms with Crippen molar-refractivity contribution in [3.63, 3.8) is 0 Å². The number of carboxylic acid groups (broad SMARTS) is 1. The van der Waals surface area contributed by atoms with Gasteiger partial charge in [-0.15, -0.1) is 11.3 Å². The highest BCUT2D eigenvalue weighted by Gasteiger charge is 2.27. The summed E-state index contributed by atoms with van der Waals surface area (Å²) in [6.07, 6.45) is 0.981. The minimum absolute atomic E-state index is 0.160. The van der Waals surface area contributed by atoms with Crippen LogP contribution in [0.1, 0.15) is 18.4 Å². The molecule has 146 valence electrons. The number of aromatic nitrogens is 2. The van der Waals surface area contributed by atoms with Gasteiger partial charge in [-0.25, -0.2) is 9.37 Å². The number of carbonyl (C=O) groups is 1. The van der Waals surface area contributed by atoms with E-state index in [1.54, 1.807) is 16.7 Å². The molecule has 1 aliphatic rings. The first kappa shape index (κ1) is 18.9. The number of benzene rings is 1. The molecule has 0 unspecified atom stereocenters. The average Bonchev–Trinajstić information content (AvgIpc) is 3.14. The van der Waals surface area contributed by atoms with Gasteiger partial charge in [0.25, 0.3) is 5.56 Å². The lowest BCUT2D eigenvalue weighted by atomic mass is 9.97. The summed E-state index contributed by atoms with van der Waals surface area (Å²) >= 11 is 7.49. The van der Waals surface area contributed by atoms with Gasteiger partial charge in [-0.3, -0.25) is 14.2 Å². The van der Waals surface area contributed by atoms with E-state index in [-0.39, 0.29) is 23.0 Å². The average molecular weight is 422 g/mol. The van der Waals surface area contributed by atoms with E-state index in [4.69, 9.17) is 11.6 Å². The molecule has 28 heavy (non-hydrogen) atoms. The second-order valence-electron chi connectivity index (χ2n) is 6.77. The first-order valence-electron chi connectivity index (χ1n) is 8.84. The molecule has 2 aromatic heterocycles. The molecule has 4 rings (SSSR count). The molecule has 0 spiro atoms. The van der Waals surface area contributed by atoms with Gasteiger partial charge in [-0.2, -0.15) is 0 Å². The van der Waals surface area contributed by atoms with Crippen molar-refractivity contribution in [1.82, 2.24) is 9.55 Å². The van der Waals surface area contributed by atoms with Crippen molar-refractivity contribution in [2.24, 2.45) is 5.92 Å². The highest BCUT2D eigenvalue weighted by Crippen LogP contribution is 2.26. The zero-order chi connectivity index (χ0) is 19.8. The highest BCUT2D eigenvalue weighted by molar-refractivity contribution is 7.17. The van der Waals surface area contributed by atoms with Gasteiger partial charge in [0.05, 0.1) is 18.0 Å². The Morgan fingerprint density at radius 3 is 2.75 bits per heavy atom. The maximum atomic E-state index is 13.4. The Labute approximate surface area is 168 Å². The third kappa shape index (κ3) is 3.49. The molecular formula is C19H17ClFN3O3S. The predicted octanol–water partition coefficient (Wildman–Crippen LogP) is 3.60. The zero-order valence-electron chi connectivity index (χ0n) is 14.8. The quantitative estimate of drug-likeness (QED) is 0.696. The van der Waals surface area contributed by atoms with Crippen LogP contribution < -0.4 is 10.5 Å².